The van der Waals surface area contributed by atoms with E-state index in [9.17, 15) is 10.1 Å². The van der Waals surface area contributed by atoms with E-state index < -0.39 is 4.92 Å². The fourth-order valence-electron chi connectivity index (χ4n) is 3.80. The molecule has 0 aliphatic carbocycles. The number of aromatic nitrogens is 1. The van der Waals surface area contributed by atoms with Crippen LogP contribution in [0.1, 0.15) is 23.5 Å². The molecule has 3 heterocycles. The Morgan fingerprint density at radius 2 is 2.09 bits per heavy atom. The third-order valence-electron chi connectivity index (χ3n) is 5.31. The van der Waals surface area contributed by atoms with Crippen molar-refractivity contribution in [2.75, 3.05) is 27.4 Å². The summed E-state index contributed by atoms with van der Waals surface area (Å²) in [5.74, 6) is 1.58. The quantitative estimate of drug-likeness (QED) is 0.308. The van der Waals surface area contributed by atoms with E-state index >= 15 is 0 Å². The van der Waals surface area contributed by atoms with Crippen LogP contribution in [0.2, 0.25) is 0 Å². The molecule has 0 radical (unpaired) electrons. The number of hydrogen-bond donors (Lipinski definition) is 1. The second-order valence-electron chi connectivity index (χ2n) is 7.16. The molecular weight excluding hydrogens is 432 g/mol. The van der Waals surface area contributed by atoms with Gasteiger partial charge in [-0.3, -0.25) is 15.1 Å². The van der Waals surface area contributed by atoms with Crippen molar-refractivity contribution in [1.29, 1.82) is 0 Å². The minimum Gasteiger partial charge on any atom is -0.496 e. The van der Waals surface area contributed by atoms with Crippen LogP contribution in [0.15, 0.2) is 59.1 Å². The molecule has 1 aromatic carbocycles. The van der Waals surface area contributed by atoms with E-state index in [2.05, 4.69) is 10.3 Å². The number of nitrogens with zero attached hydrogens (tertiary/aromatic N) is 3. The lowest BCUT2D eigenvalue weighted by Crippen LogP contribution is -2.32. The maximum atomic E-state index is 11.1. The van der Waals surface area contributed by atoms with Gasteiger partial charge in [0.2, 0.25) is 0 Å². The topological polar surface area (TPSA) is 103 Å². The molecule has 32 heavy (non-hydrogen) atoms. The Morgan fingerprint density at radius 1 is 1.25 bits per heavy atom. The maximum Gasteiger partial charge on any atom is 0.273 e. The molecule has 10 heteroatoms. The highest BCUT2D eigenvalue weighted by Crippen LogP contribution is 2.41. The number of rotatable bonds is 8. The van der Waals surface area contributed by atoms with Gasteiger partial charge in [0, 0.05) is 25.9 Å². The number of thiocarbonyl (C=S) groups is 1. The number of benzene rings is 1. The van der Waals surface area contributed by atoms with Gasteiger partial charge in [-0.25, -0.2) is 0 Å². The van der Waals surface area contributed by atoms with Gasteiger partial charge in [0.1, 0.15) is 23.3 Å². The minimum absolute atomic E-state index is 0.0521. The van der Waals surface area contributed by atoms with Gasteiger partial charge in [0.25, 0.3) is 5.69 Å². The molecule has 2 aromatic heterocycles. The number of hydrogen-bond acceptors (Lipinski definition) is 7. The highest BCUT2D eigenvalue weighted by atomic mass is 32.1. The lowest BCUT2D eigenvalue weighted by atomic mass is 10.0. The first-order chi connectivity index (χ1) is 15.5. The molecule has 166 valence electrons. The lowest BCUT2D eigenvalue weighted by molar-refractivity contribution is -0.384. The highest BCUT2D eigenvalue weighted by Gasteiger charge is 2.41. The van der Waals surface area contributed by atoms with Crippen LogP contribution < -0.4 is 10.1 Å². The molecule has 0 spiro atoms. The monoisotopic (exact) mass is 454 g/mol. The summed E-state index contributed by atoms with van der Waals surface area (Å²) in [6.07, 6.45) is 1.74. The standard InChI is InChI=1S/C22H22N4O5S/c1-29-12-11-25-21(20(24-22(25)32)16-5-3-4-10-23-16)18-9-8-17(31-18)15-7-6-14(26(27)28)13-19(15)30-2/h3-10,13,20-21H,11-12H2,1-2H3,(H,24,32)/t20-,21+/m0/s1. The van der Waals surface area contributed by atoms with Gasteiger partial charge < -0.3 is 24.1 Å². The van der Waals surface area contributed by atoms with Crippen molar-refractivity contribution in [3.8, 4) is 17.1 Å². The SMILES string of the molecule is COCCN1C(=S)N[C@@H](c2ccccn2)[C@H]1c1ccc(-c2ccc([N+](=O)[O-])cc2OC)o1. The molecule has 3 aromatic rings. The van der Waals surface area contributed by atoms with Gasteiger partial charge in [0.05, 0.1) is 42.0 Å². The van der Waals surface area contributed by atoms with E-state index in [0.717, 1.165) is 5.69 Å². The van der Waals surface area contributed by atoms with E-state index in [4.69, 9.17) is 26.1 Å². The van der Waals surface area contributed by atoms with Gasteiger partial charge in [-0.05, 0) is 42.5 Å². The smallest absolute Gasteiger partial charge is 0.273 e. The zero-order valence-electron chi connectivity index (χ0n) is 17.6. The molecule has 4 rings (SSSR count). The maximum absolute atomic E-state index is 11.1. The molecule has 1 saturated heterocycles. The van der Waals surface area contributed by atoms with Crippen LogP contribution in [0.5, 0.6) is 5.75 Å². The molecule has 1 aliphatic rings. The van der Waals surface area contributed by atoms with Crippen LogP contribution in [0.4, 0.5) is 5.69 Å². The van der Waals surface area contributed by atoms with Crippen molar-refractivity contribution in [2.24, 2.45) is 0 Å². The fourth-order valence-corrected chi connectivity index (χ4v) is 4.13. The van der Waals surface area contributed by atoms with Gasteiger partial charge in [-0.2, -0.15) is 0 Å². The fraction of sp³-hybridized carbons (Fsp3) is 0.273. The lowest BCUT2D eigenvalue weighted by Gasteiger charge is -2.25. The molecule has 0 amide bonds. The first-order valence-corrected chi connectivity index (χ1v) is 10.3. The van der Waals surface area contributed by atoms with Crippen molar-refractivity contribution < 1.29 is 18.8 Å². The highest BCUT2D eigenvalue weighted by molar-refractivity contribution is 7.80. The van der Waals surface area contributed by atoms with Gasteiger partial charge >= 0.3 is 0 Å². The number of nitrogens with one attached hydrogen (secondary N) is 1. The van der Waals surface area contributed by atoms with Crippen molar-refractivity contribution in [3.05, 3.63) is 76.3 Å². The average molecular weight is 455 g/mol. The molecule has 1 fully saturated rings. The predicted molar refractivity (Wildman–Crippen MR) is 121 cm³/mol. The predicted octanol–water partition coefficient (Wildman–Crippen LogP) is 3.88. The van der Waals surface area contributed by atoms with E-state index in [1.807, 2.05) is 35.2 Å². The van der Waals surface area contributed by atoms with Crippen LogP contribution in [-0.4, -0.2) is 47.3 Å². The van der Waals surface area contributed by atoms with Gasteiger partial charge in [-0.15, -0.1) is 0 Å². The zero-order chi connectivity index (χ0) is 22.7. The summed E-state index contributed by atoms with van der Waals surface area (Å²) in [4.78, 5) is 17.2. The van der Waals surface area contributed by atoms with Gasteiger partial charge in [-0.1, -0.05) is 6.07 Å². The Kier molecular flexibility index (Phi) is 6.33. The molecule has 1 aliphatic heterocycles. The number of pyridine rings is 1. The molecule has 0 saturated carbocycles. The molecule has 2 atom stereocenters. The molecular formula is C22H22N4O5S. The third-order valence-corrected chi connectivity index (χ3v) is 5.67. The van der Waals surface area contributed by atoms with E-state index in [1.54, 1.807) is 19.4 Å². The van der Waals surface area contributed by atoms with Crippen LogP contribution in [-0.2, 0) is 4.74 Å². The zero-order valence-corrected chi connectivity index (χ0v) is 18.4. The van der Waals surface area contributed by atoms with Crippen molar-refractivity contribution >= 4 is 23.0 Å². The average Bonchev–Trinajstić information content (AvgIpc) is 3.42. The first-order valence-electron chi connectivity index (χ1n) is 9.93. The Balaban J connectivity index is 1.72. The second-order valence-corrected chi connectivity index (χ2v) is 7.54. The number of nitro benzene ring substituents is 1. The summed E-state index contributed by atoms with van der Waals surface area (Å²) < 4.78 is 16.9. The largest absolute Gasteiger partial charge is 0.496 e. The van der Waals surface area contributed by atoms with Crippen LogP contribution in [0.3, 0.4) is 0 Å². The number of methoxy groups -OCH3 is 2. The minimum atomic E-state index is -0.462. The number of furan rings is 1. The number of non-ortho nitro benzene ring substituents is 1. The van der Waals surface area contributed by atoms with Gasteiger partial charge in [0.15, 0.2) is 5.11 Å². The Bertz CT molecular complexity index is 1120. The summed E-state index contributed by atoms with van der Waals surface area (Å²) in [6.45, 7) is 1.07. The molecule has 9 nitrogen and oxygen atoms in total. The first kappa shape index (κ1) is 21.7. The van der Waals surface area contributed by atoms with E-state index in [0.29, 0.717) is 41.1 Å². The van der Waals surface area contributed by atoms with E-state index in [-0.39, 0.29) is 17.8 Å². The molecule has 0 bridgehead atoms. The summed E-state index contributed by atoms with van der Waals surface area (Å²) in [7, 11) is 3.11. The van der Waals surface area contributed by atoms with Crippen molar-refractivity contribution in [2.45, 2.75) is 12.1 Å². The number of nitro groups is 1. The Hall–Kier alpha value is -3.50. The third kappa shape index (κ3) is 4.14. The van der Waals surface area contributed by atoms with Crippen molar-refractivity contribution in [3.63, 3.8) is 0 Å². The normalized spacial score (nSPS) is 17.9. The van der Waals surface area contributed by atoms with Crippen LogP contribution in [0.25, 0.3) is 11.3 Å². The molecule has 1 N–H and O–H groups in total. The van der Waals surface area contributed by atoms with E-state index in [1.165, 1.54) is 19.2 Å². The molecule has 0 unspecified atom stereocenters. The second kappa shape index (κ2) is 9.33. The van der Waals surface area contributed by atoms with Crippen LogP contribution in [0, 0.1) is 10.1 Å². The Morgan fingerprint density at radius 3 is 2.78 bits per heavy atom. The summed E-state index contributed by atoms with van der Waals surface area (Å²) in [5.41, 5.74) is 1.41. The van der Waals surface area contributed by atoms with Crippen LogP contribution >= 0.6 is 12.2 Å². The van der Waals surface area contributed by atoms with Crippen molar-refractivity contribution in [1.82, 2.24) is 15.2 Å². The summed E-state index contributed by atoms with van der Waals surface area (Å²) in [5, 5.41) is 15.0. The summed E-state index contributed by atoms with van der Waals surface area (Å²) in [6, 6.07) is 13.4. The number of ether oxygens (including phenoxy) is 2. The Labute approximate surface area is 190 Å². The summed E-state index contributed by atoms with van der Waals surface area (Å²) >= 11 is 5.59.